The molecule has 1 aromatic carbocycles. The highest BCUT2D eigenvalue weighted by Gasteiger charge is 2.58. The maximum atomic E-state index is 12.9. The number of rotatable bonds is 4. The Labute approximate surface area is 111 Å². The maximum Gasteiger partial charge on any atom is 0.475 e. The molecule has 17 heavy (non-hydrogen) atoms. The largest absolute Gasteiger partial charge is 0.497 e. The quantitative estimate of drug-likeness (QED) is 0.568. The molecule has 1 rings (SSSR count). The number of methoxy groups -OCH3 is 1. The number of alkyl halides is 5. The third-order valence-electron chi connectivity index (χ3n) is 1.71. The number of benzene rings is 1. The molecule has 0 saturated heterocycles. The number of hydrogen-bond acceptors (Lipinski definition) is 2. The monoisotopic (exact) mass is 380 g/mol. The molecule has 0 spiro atoms. The Balaban J connectivity index is 2.96. The Morgan fingerprint density at radius 2 is 1.76 bits per heavy atom. The van der Waals surface area contributed by atoms with Gasteiger partial charge < -0.3 is 9.47 Å². The van der Waals surface area contributed by atoms with Crippen molar-refractivity contribution in [3.8, 4) is 11.5 Å². The lowest BCUT2D eigenvalue weighted by molar-refractivity contribution is -0.266. The van der Waals surface area contributed by atoms with E-state index in [1.807, 2.05) is 0 Å². The Morgan fingerprint density at radius 1 is 1.18 bits per heavy atom. The van der Waals surface area contributed by atoms with E-state index in [9.17, 15) is 17.6 Å². The van der Waals surface area contributed by atoms with Gasteiger partial charge in [0.15, 0.2) is 0 Å². The highest BCUT2D eigenvalue weighted by atomic mass is 79.9. The van der Waals surface area contributed by atoms with Gasteiger partial charge in [-0.3, -0.25) is 0 Å². The molecule has 2 nitrogen and oxygen atoms in total. The van der Waals surface area contributed by atoms with Crippen molar-refractivity contribution in [1.82, 2.24) is 0 Å². The molecule has 1 aromatic rings. The van der Waals surface area contributed by atoms with E-state index in [0.717, 1.165) is 6.07 Å². The van der Waals surface area contributed by atoms with E-state index < -0.39 is 16.7 Å². The van der Waals surface area contributed by atoms with Crippen LogP contribution in [-0.4, -0.2) is 18.1 Å². The number of halogens is 6. The summed E-state index contributed by atoms with van der Waals surface area (Å²) in [4.78, 5) is -4.46. The lowest BCUT2D eigenvalue weighted by Gasteiger charge is -2.22. The van der Waals surface area contributed by atoms with E-state index >= 15 is 0 Å². The van der Waals surface area contributed by atoms with E-state index in [0.29, 0.717) is 5.75 Å². The first-order valence-corrected chi connectivity index (χ1v) is 5.73. The van der Waals surface area contributed by atoms with E-state index in [4.69, 9.17) is 4.74 Å². The molecule has 0 aliphatic carbocycles. The molecule has 0 radical (unpaired) electrons. The van der Waals surface area contributed by atoms with Gasteiger partial charge in [0.1, 0.15) is 11.5 Å². The topological polar surface area (TPSA) is 18.5 Å². The molecule has 0 N–H and O–H groups in total. The minimum absolute atomic E-state index is 0.0771. The fourth-order valence-electron chi connectivity index (χ4n) is 0.887. The highest BCUT2D eigenvalue weighted by Crippen LogP contribution is 2.42. The van der Waals surface area contributed by atoms with Crippen molar-refractivity contribution in [2.75, 3.05) is 7.11 Å². The SMILES string of the molecule is COc1ccc(OC(F)(F)C(F)(F)Br)c(Br)c1. The van der Waals surface area contributed by atoms with Crippen molar-refractivity contribution >= 4 is 31.9 Å². The van der Waals surface area contributed by atoms with Crippen LogP contribution in [0.15, 0.2) is 22.7 Å². The minimum atomic E-state index is -4.66. The van der Waals surface area contributed by atoms with Crippen LogP contribution in [0.3, 0.4) is 0 Å². The molecule has 0 saturated carbocycles. The van der Waals surface area contributed by atoms with Gasteiger partial charge in [0.2, 0.25) is 0 Å². The van der Waals surface area contributed by atoms with Gasteiger partial charge in [-0.05, 0) is 34.1 Å². The smallest absolute Gasteiger partial charge is 0.475 e. The highest BCUT2D eigenvalue weighted by molar-refractivity contribution is 9.10. The van der Waals surface area contributed by atoms with Gasteiger partial charge in [-0.1, -0.05) is 0 Å². The Bertz CT molecular complexity index is 406. The summed E-state index contributed by atoms with van der Waals surface area (Å²) in [6, 6.07) is 3.72. The van der Waals surface area contributed by atoms with Crippen molar-refractivity contribution in [1.29, 1.82) is 0 Å². The Morgan fingerprint density at radius 3 is 2.18 bits per heavy atom. The van der Waals surface area contributed by atoms with Crippen LogP contribution in [0.5, 0.6) is 11.5 Å². The third kappa shape index (κ3) is 3.48. The number of hydrogen-bond donors (Lipinski definition) is 0. The first-order valence-electron chi connectivity index (χ1n) is 4.14. The molecule has 0 bridgehead atoms. The molecule has 96 valence electrons. The molecule has 0 fully saturated rings. The lowest BCUT2D eigenvalue weighted by Crippen LogP contribution is -2.40. The van der Waals surface area contributed by atoms with Crippen molar-refractivity contribution in [3.05, 3.63) is 22.7 Å². The average molecular weight is 382 g/mol. The lowest BCUT2D eigenvalue weighted by atomic mass is 10.3. The zero-order valence-electron chi connectivity index (χ0n) is 8.32. The summed E-state index contributed by atoms with van der Waals surface area (Å²) in [5.74, 6) is -0.0481. The zero-order chi connectivity index (χ0) is 13.3. The Hall–Kier alpha value is -0.500. The van der Waals surface area contributed by atoms with Crippen molar-refractivity contribution in [3.63, 3.8) is 0 Å². The molecular formula is C9H6Br2F4O2. The summed E-state index contributed by atoms with van der Waals surface area (Å²) in [7, 11) is 1.38. The molecule has 0 aliphatic heterocycles. The summed E-state index contributed by atoms with van der Waals surface area (Å²) >= 11 is 4.47. The second kappa shape index (κ2) is 5.01. The summed E-state index contributed by atoms with van der Waals surface area (Å²) in [6.07, 6.45) is -4.66. The summed E-state index contributed by atoms with van der Waals surface area (Å²) in [6.45, 7) is 0. The van der Waals surface area contributed by atoms with Crippen molar-refractivity contribution in [2.24, 2.45) is 0 Å². The molecule has 8 heteroatoms. The van der Waals surface area contributed by atoms with Gasteiger partial charge in [-0.15, -0.1) is 0 Å². The standard InChI is InChI=1S/C9H6Br2F4O2/c1-16-5-2-3-7(6(10)4-5)17-9(14,15)8(11,12)13/h2-4H,1H3. The summed E-state index contributed by atoms with van der Waals surface area (Å²) in [5.41, 5.74) is 0. The van der Waals surface area contributed by atoms with Crippen LogP contribution in [0, 0.1) is 0 Å². The predicted octanol–water partition coefficient (Wildman–Crippen LogP) is 4.42. The number of ether oxygens (including phenoxy) is 2. The van der Waals surface area contributed by atoms with Crippen LogP contribution in [0.2, 0.25) is 0 Å². The maximum absolute atomic E-state index is 12.9. The van der Waals surface area contributed by atoms with Crippen molar-refractivity contribution in [2.45, 2.75) is 10.9 Å². The van der Waals surface area contributed by atoms with Crippen LogP contribution in [0.25, 0.3) is 0 Å². The molecule has 0 heterocycles. The fourth-order valence-corrected chi connectivity index (χ4v) is 1.41. The summed E-state index contributed by atoms with van der Waals surface area (Å²) < 4.78 is 59.6. The van der Waals surface area contributed by atoms with Crippen LogP contribution in [0.4, 0.5) is 17.6 Å². The second-order valence-corrected chi connectivity index (χ2v) is 4.76. The normalized spacial score (nSPS) is 12.4. The van der Waals surface area contributed by atoms with Crippen LogP contribution in [0.1, 0.15) is 0 Å². The van der Waals surface area contributed by atoms with Gasteiger partial charge in [-0.2, -0.15) is 17.6 Å². The first-order chi connectivity index (χ1) is 7.67. The van der Waals surface area contributed by atoms with Crippen LogP contribution >= 0.6 is 31.9 Å². The second-order valence-electron chi connectivity index (χ2n) is 2.91. The molecular weight excluding hydrogens is 376 g/mol. The zero-order valence-corrected chi connectivity index (χ0v) is 11.5. The van der Waals surface area contributed by atoms with Gasteiger partial charge in [0.25, 0.3) is 0 Å². The van der Waals surface area contributed by atoms with Gasteiger partial charge in [-0.25, -0.2) is 0 Å². The van der Waals surface area contributed by atoms with E-state index in [1.54, 1.807) is 15.9 Å². The Kier molecular flexibility index (Phi) is 4.29. The van der Waals surface area contributed by atoms with Crippen LogP contribution in [-0.2, 0) is 0 Å². The van der Waals surface area contributed by atoms with Crippen molar-refractivity contribution < 1.29 is 27.0 Å². The van der Waals surface area contributed by atoms with Gasteiger partial charge in [0.05, 0.1) is 11.6 Å². The molecule has 0 aromatic heterocycles. The minimum Gasteiger partial charge on any atom is -0.497 e. The predicted molar refractivity (Wildman–Crippen MR) is 60.1 cm³/mol. The first kappa shape index (κ1) is 14.6. The molecule has 0 aliphatic rings. The molecule has 0 atom stereocenters. The van der Waals surface area contributed by atoms with Gasteiger partial charge >= 0.3 is 10.9 Å². The van der Waals surface area contributed by atoms with E-state index in [-0.39, 0.29) is 4.47 Å². The molecule has 0 amide bonds. The molecule has 0 unspecified atom stereocenters. The fraction of sp³-hybridized carbons (Fsp3) is 0.333. The van der Waals surface area contributed by atoms with Crippen LogP contribution < -0.4 is 9.47 Å². The summed E-state index contributed by atoms with van der Waals surface area (Å²) in [5, 5.41) is 0. The van der Waals surface area contributed by atoms with E-state index in [2.05, 4.69) is 20.7 Å². The average Bonchev–Trinajstić information content (AvgIpc) is 2.19. The third-order valence-corrected chi connectivity index (χ3v) is 2.79. The van der Waals surface area contributed by atoms with Gasteiger partial charge in [0, 0.05) is 15.9 Å². The van der Waals surface area contributed by atoms with E-state index in [1.165, 1.54) is 19.2 Å².